The molecule has 3 N–H and O–H groups in total. The van der Waals surface area contributed by atoms with E-state index in [1.807, 2.05) is 25.1 Å². The van der Waals surface area contributed by atoms with Gasteiger partial charge >= 0.3 is 5.63 Å². The SMILES string of the molecule is CCN(CC)c1ccc2cc(C(=O)NCCC(C)OCCC(S)C(=O)CCCN)c(=O)oc2c1. The fraction of sp³-hybridized carbons (Fsp3) is 0.560. The molecule has 1 aromatic heterocycles. The van der Waals surface area contributed by atoms with Gasteiger partial charge < -0.3 is 25.1 Å². The molecule has 0 spiro atoms. The minimum atomic E-state index is -0.662. The van der Waals surface area contributed by atoms with Crippen molar-refractivity contribution in [3.63, 3.8) is 0 Å². The van der Waals surface area contributed by atoms with Crippen LogP contribution in [0.3, 0.4) is 0 Å². The van der Waals surface area contributed by atoms with Gasteiger partial charge in [0.05, 0.1) is 11.4 Å². The number of nitrogens with zero attached hydrogens (tertiary/aromatic N) is 1. The van der Waals surface area contributed by atoms with E-state index >= 15 is 0 Å². The van der Waals surface area contributed by atoms with Crippen LogP contribution in [0.1, 0.15) is 56.8 Å². The van der Waals surface area contributed by atoms with E-state index in [9.17, 15) is 14.4 Å². The Kier molecular flexibility index (Phi) is 11.6. The van der Waals surface area contributed by atoms with Crippen molar-refractivity contribution in [1.29, 1.82) is 0 Å². The summed E-state index contributed by atoms with van der Waals surface area (Å²) in [5.74, 6) is -0.396. The number of hydrogen-bond acceptors (Lipinski definition) is 8. The summed E-state index contributed by atoms with van der Waals surface area (Å²) in [4.78, 5) is 39.0. The molecule has 188 valence electrons. The molecule has 2 atom stereocenters. The van der Waals surface area contributed by atoms with E-state index < -0.39 is 11.5 Å². The third kappa shape index (κ3) is 8.14. The van der Waals surface area contributed by atoms with Gasteiger partial charge in [-0.3, -0.25) is 9.59 Å². The average molecular weight is 492 g/mol. The molecule has 0 fully saturated rings. The number of benzene rings is 1. The number of thiol groups is 1. The first kappa shape index (κ1) is 27.9. The van der Waals surface area contributed by atoms with E-state index in [4.69, 9.17) is 14.9 Å². The molecule has 0 radical (unpaired) electrons. The van der Waals surface area contributed by atoms with Gasteiger partial charge in [-0.2, -0.15) is 12.6 Å². The van der Waals surface area contributed by atoms with E-state index in [2.05, 4.69) is 36.7 Å². The summed E-state index contributed by atoms with van der Waals surface area (Å²) in [6.07, 6.45) is 2.07. The average Bonchev–Trinajstić information content (AvgIpc) is 2.82. The van der Waals surface area contributed by atoms with Crippen LogP contribution in [0.25, 0.3) is 11.0 Å². The van der Waals surface area contributed by atoms with Gasteiger partial charge in [0.25, 0.3) is 5.91 Å². The molecule has 0 aliphatic heterocycles. The first-order chi connectivity index (χ1) is 16.3. The predicted octanol–water partition coefficient (Wildman–Crippen LogP) is 3.16. The topological polar surface area (TPSA) is 115 Å². The van der Waals surface area contributed by atoms with Gasteiger partial charge in [-0.15, -0.1) is 0 Å². The zero-order chi connectivity index (χ0) is 25.1. The van der Waals surface area contributed by atoms with Crippen molar-refractivity contribution in [2.75, 3.05) is 37.7 Å². The molecule has 1 aromatic carbocycles. The van der Waals surface area contributed by atoms with Crippen molar-refractivity contribution in [1.82, 2.24) is 5.32 Å². The number of amides is 1. The highest BCUT2D eigenvalue weighted by atomic mass is 32.1. The number of carbonyl (C=O) groups is 2. The molecule has 0 aliphatic rings. The van der Waals surface area contributed by atoms with Crippen molar-refractivity contribution in [2.24, 2.45) is 5.73 Å². The van der Waals surface area contributed by atoms with E-state index in [1.165, 1.54) is 0 Å². The molecule has 1 amide bonds. The lowest BCUT2D eigenvalue weighted by Gasteiger charge is -2.21. The molecule has 0 saturated carbocycles. The second kappa shape index (κ2) is 14.1. The molecule has 2 unspecified atom stereocenters. The second-order valence-corrected chi connectivity index (χ2v) is 8.85. The number of ketones is 1. The lowest BCUT2D eigenvalue weighted by atomic mass is 10.1. The smallest absolute Gasteiger partial charge is 0.349 e. The fourth-order valence-electron chi connectivity index (χ4n) is 3.60. The van der Waals surface area contributed by atoms with Gasteiger partial charge in [-0.05, 0) is 64.8 Å². The Balaban J connectivity index is 1.84. The van der Waals surface area contributed by atoms with Crippen molar-refractivity contribution >= 4 is 41.0 Å². The van der Waals surface area contributed by atoms with Crippen LogP contribution in [-0.2, 0) is 9.53 Å². The van der Waals surface area contributed by atoms with Crippen molar-refractivity contribution < 1.29 is 18.7 Å². The fourth-order valence-corrected chi connectivity index (χ4v) is 3.83. The van der Waals surface area contributed by atoms with Gasteiger partial charge in [0.15, 0.2) is 0 Å². The Morgan fingerprint density at radius 1 is 1.21 bits per heavy atom. The van der Waals surface area contributed by atoms with Crippen LogP contribution in [0.4, 0.5) is 5.69 Å². The molecule has 34 heavy (non-hydrogen) atoms. The minimum absolute atomic E-state index is 0.0226. The molecule has 0 saturated heterocycles. The van der Waals surface area contributed by atoms with Crippen LogP contribution in [0.15, 0.2) is 33.5 Å². The zero-order valence-electron chi connectivity index (χ0n) is 20.3. The first-order valence-corrected chi connectivity index (χ1v) is 12.5. The molecule has 8 nitrogen and oxygen atoms in total. The number of carbonyl (C=O) groups excluding carboxylic acids is 2. The van der Waals surface area contributed by atoms with Crippen LogP contribution < -0.4 is 21.6 Å². The Hall–Kier alpha value is -2.36. The van der Waals surface area contributed by atoms with Crippen LogP contribution in [-0.4, -0.2) is 55.8 Å². The minimum Gasteiger partial charge on any atom is -0.422 e. The van der Waals surface area contributed by atoms with Gasteiger partial charge in [0.1, 0.15) is 16.9 Å². The highest BCUT2D eigenvalue weighted by molar-refractivity contribution is 7.81. The van der Waals surface area contributed by atoms with E-state index in [0.29, 0.717) is 56.3 Å². The Morgan fingerprint density at radius 2 is 1.94 bits per heavy atom. The van der Waals surface area contributed by atoms with Crippen LogP contribution >= 0.6 is 12.6 Å². The summed E-state index contributed by atoms with van der Waals surface area (Å²) in [7, 11) is 0. The number of hydrogen-bond donors (Lipinski definition) is 3. The van der Waals surface area contributed by atoms with E-state index in [1.54, 1.807) is 6.07 Å². The number of nitrogens with one attached hydrogen (secondary N) is 1. The summed E-state index contributed by atoms with van der Waals surface area (Å²) in [5, 5.41) is 3.10. The number of fused-ring (bicyclic) bond motifs is 1. The second-order valence-electron chi connectivity index (χ2n) is 8.23. The quantitative estimate of drug-likeness (QED) is 0.259. The molecule has 2 aromatic rings. The monoisotopic (exact) mass is 491 g/mol. The van der Waals surface area contributed by atoms with Gasteiger partial charge in [-0.1, -0.05) is 0 Å². The first-order valence-electron chi connectivity index (χ1n) is 11.9. The Morgan fingerprint density at radius 3 is 2.62 bits per heavy atom. The molecule has 0 bridgehead atoms. The van der Waals surface area contributed by atoms with Gasteiger partial charge in [0.2, 0.25) is 0 Å². The Bertz CT molecular complexity index is 1010. The number of ether oxygens (including phenoxy) is 1. The zero-order valence-corrected chi connectivity index (χ0v) is 21.2. The van der Waals surface area contributed by atoms with Crippen molar-refractivity contribution in [3.8, 4) is 0 Å². The summed E-state index contributed by atoms with van der Waals surface area (Å²) >= 11 is 4.33. The summed E-state index contributed by atoms with van der Waals surface area (Å²) in [5.41, 5.74) is 6.16. The molecular weight excluding hydrogens is 454 g/mol. The molecule has 0 aliphatic carbocycles. The highest BCUT2D eigenvalue weighted by Gasteiger charge is 2.16. The highest BCUT2D eigenvalue weighted by Crippen LogP contribution is 2.22. The van der Waals surface area contributed by atoms with Crippen molar-refractivity contribution in [3.05, 3.63) is 40.2 Å². The standard InChI is InChI=1S/C25H37N3O5S/c1-4-28(5-2)19-9-8-18-15-20(25(31)33-22(18)16-19)24(30)27-13-10-17(3)32-14-11-23(34)21(29)7-6-12-26/h8-9,15-17,23,34H,4-7,10-14,26H2,1-3H3,(H,27,30). The molecule has 1 heterocycles. The number of anilines is 1. The van der Waals surface area contributed by atoms with Crippen molar-refractivity contribution in [2.45, 2.75) is 57.8 Å². The normalized spacial score (nSPS) is 13.0. The summed E-state index contributed by atoms with van der Waals surface area (Å²) in [6.45, 7) is 8.95. The largest absolute Gasteiger partial charge is 0.422 e. The number of rotatable bonds is 15. The summed E-state index contributed by atoms with van der Waals surface area (Å²) in [6, 6.07) is 7.20. The molecular formula is C25H37N3O5S. The number of nitrogens with two attached hydrogens (primary N) is 1. The lowest BCUT2D eigenvalue weighted by Crippen LogP contribution is -2.31. The molecule has 9 heteroatoms. The van der Waals surface area contributed by atoms with E-state index in [-0.39, 0.29) is 22.7 Å². The van der Waals surface area contributed by atoms with Gasteiger partial charge in [-0.25, -0.2) is 4.79 Å². The maximum absolute atomic E-state index is 12.5. The number of Topliss-reactive ketones (excluding diaryl/α,β-unsaturated/α-hetero) is 1. The summed E-state index contributed by atoms with van der Waals surface area (Å²) < 4.78 is 11.2. The van der Waals surface area contributed by atoms with Crippen LogP contribution in [0, 0.1) is 0 Å². The maximum atomic E-state index is 12.5. The Labute approximate surface area is 206 Å². The predicted molar refractivity (Wildman–Crippen MR) is 139 cm³/mol. The third-order valence-electron chi connectivity index (χ3n) is 5.72. The maximum Gasteiger partial charge on any atom is 0.349 e. The lowest BCUT2D eigenvalue weighted by molar-refractivity contribution is -0.119. The molecule has 2 rings (SSSR count). The van der Waals surface area contributed by atoms with E-state index in [0.717, 1.165) is 18.8 Å². The van der Waals surface area contributed by atoms with Crippen LogP contribution in [0.2, 0.25) is 0 Å². The van der Waals surface area contributed by atoms with Crippen LogP contribution in [0.5, 0.6) is 0 Å². The van der Waals surface area contributed by atoms with Gasteiger partial charge in [0, 0.05) is 49.8 Å². The third-order valence-corrected chi connectivity index (χ3v) is 6.27.